The quantitative estimate of drug-likeness (QED) is 0.304. The van der Waals surface area contributed by atoms with E-state index < -0.39 is 24.8 Å². The summed E-state index contributed by atoms with van der Waals surface area (Å²) in [6.45, 7) is 3.36. The van der Waals surface area contributed by atoms with Gasteiger partial charge in [0.1, 0.15) is 0 Å². The van der Waals surface area contributed by atoms with E-state index in [-0.39, 0.29) is 0 Å². The molecule has 212 valence electrons. The van der Waals surface area contributed by atoms with Gasteiger partial charge in [0.25, 0.3) is 0 Å². The zero-order valence-electron chi connectivity index (χ0n) is 22.9. The zero-order valence-corrected chi connectivity index (χ0v) is 25.8. The van der Waals surface area contributed by atoms with Crippen LogP contribution < -0.4 is 20.2 Å². The fourth-order valence-electron chi connectivity index (χ4n) is 4.72. The fraction of sp³-hybridized carbons (Fsp3) is 0.242. The minimum absolute atomic E-state index is 0.298. The van der Waals surface area contributed by atoms with Crippen LogP contribution in [-0.4, -0.2) is 77.6 Å². The van der Waals surface area contributed by atoms with Crippen molar-refractivity contribution in [2.24, 2.45) is 0 Å². The second-order valence-corrected chi connectivity index (χ2v) is 18.8. The Hall–Kier alpha value is -3.37. The molecule has 0 fully saturated rings. The van der Waals surface area contributed by atoms with Gasteiger partial charge in [-0.3, -0.25) is 0 Å². The Morgan fingerprint density at radius 3 is 1.39 bits per heavy atom. The Labute approximate surface area is 245 Å². The standard InChI is InChI=1S/C15H20O7.3C6H5.Sn/c16-15(17)12-1-2-13-14(11-12)22-10-8-20-6-4-18-3-5-19-7-9-21-13;3*1-2-4-6-5-3-1;/h1-2,11H,3-10H2,(H,16,17);3*1-5H;/q;;;;+1/p-1. The molecule has 0 N–H and O–H groups in total. The third-order valence-electron chi connectivity index (χ3n) is 6.68. The van der Waals surface area contributed by atoms with Crippen LogP contribution in [0.15, 0.2) is 109 Å². The van der Waals surface area contributed by atoms with Gasteiger partial charge in [-0.2, -0.15) is 0 Å². The fourth-order valence-corrected chi connectivity index (χ4v) is 15.4. The molecule has 8 heteroatoms. The number of hydrogen-bond donors (Lipinski definition) is 0. The third kappa shape index (κ3) is 7.48. The van der Waals surface area contributed by atoms with E-state index in [1.807, 2.05) is 54.6 Å². The van der Waals surface area contributed by atoms with Gasteiger partial charge in [-0.05, 0) is 0 Å². The van der Waals surface area contributed by atoms with Crippen LogP contribution in [0.1, 0.15) is 10.4 Å². The molecule has 7 nitrogen and oxygen atoms in total. The molecule has 0 atom stereocenters. The molecular weight excluding hydrogens is 627 g/mol. The summed E-state index contributed by atoms with van der Waals surface area (Å²) >= 11 is -4.29. The number of carbonyl (C=O) groups is 1. The van der Waals surface area contributed by atoms with E-state index >= 15 is 0 Å². The van der Waals surface area contributed by atoms with Gasteiger partial charge in [-0.15, -0.1) is 0 Å². The van der Waals surface area contributed by atoms with Crippen LogP contribution in [0, 0.1) is 0 Å². The maximum absolute atomic E-state index is 14.0. The molecular formula is C33H34O7Sn. The molecule has 0 saturated carbocycles. The van der Waals surface area contributed by atoms with Crippen LogP contribution in [0.25, 0.3) is 0 Å². The van der Waals surface area contributed by atoms with Crippen molar-refractivity contribution in [1.82, 2.24) is 0 Å². The number of rotatable bonds is 5. The van der Waals surface area contributed by atoms with Gasteiger partial charge in [0, 0.05) is 0 Å². The number of carbonyl (C=O) groups excluding carboxylic acids is 1. The minimum atomic E-state index is -4.29. The first-order valence-electron chi connectivity index (χ1n) is 13.8. The van der Waals surface area contributed by atoms with Crippen molar-refractivity contribution in [2.75, 3.05) is 52.9 Å². The van der Waals surface area contributed by atoms with E-state index in [2.05, 4.69) is 36.4 Å². The Morgan fingerprint density at radius 1 is 0.512 bits per heavy atom. The summed E-state index contributed by atoms with van der Waals surface area (Å²) in [6.07, 6.45) is 0. The molecule has 1 aliphatic heterocycles. The molecule has 0 unspecified atom stereocenters. The molecule has 4 aromatic rings. The summed E-state index contributed by atoms with van der Waals surface area (Å²) in [7, 11) is 0. The van der Waals surface area contributed by atoms with Crippen molar-refractivity contribution in [3.63, 3.8) is 0 Å². The van der Waals surface area contributed by atoms with Crippen molar-refractivity contribution < 1.29 is 31.6 Å². The summed E-state index contributed by atoms with van der Waals surface area (Å²) in [5.74, 6) is 0.575. The normalized spacial score (nSPS) is 15.2. The molecule has 0 aromatic heterocycles. The van der Waals surface area contributed by atoms with Gasteiger partial charge in [0.2, 0.25) is 0 Å². The molecule has 0 spiro atoms. The first-order chi connectivity index (χ1) is 20.3. The topological polar surface area (TPSA) is 72.5 Å². The number of fused-ring (bicyclic) bond motifs is 1. The summed E-state index contributed by atoms with van der Waals surface area (Å²) < 4.78 is 38.5. The Balaban J connectivity index is 1.48. The number of ether oxygens (including phenoxy) is 5. The molecule has 41 heavy (non-hydrogen) atoms. The van der Waals surface area contributed by atoms with E-state index in [4.69, 9.17) is 26.8 Å². The Morgan fingerprint density at radius 2 is 0.927 bits per heavy atom. The molecule has 0 radical (unpaired) electrons. The zero-order chi connectivity index (χ0) is 28.2. The Kier molecular flexibility index (Phi) is 10.7. The molecule has 1 aliphatic rings. The molecule has 0 aliphatic carbocycles. The van der Waals surface area contributed by atoms with Gasteiger partial charge < -0.3 is 0 Å². The number of benzene rings is 4. The Bertz CT molecular complexity index is 1270. The van der Waals surface area contributed by atoms with Crippen LogP contribution in [0.2, 0.25) is 0 Å². The van der Waals surface area contributed by atoms with Gasteiger partial charge >= 0.3 is 246 Å². The van der Waals surface area contributed by atoms with Crippen molar-refractivity contribution in [3.8, 4) is 11.5 Å². The van der Waals surface area contributed by atoms with Crippen molar-refractivity contribution in [3.05, 3.63) is 115 Å². The predicted octanol–water partition coefficient (Wildman–Crippen LogP) is 3.33. The SMILES string of the molecule is O=C([O][Sn]([c]1ccccc1)([c]1ccccc1)[c]1ccccc1)c1ccc2c(c1)OCCOCCOCCOCCO2. The summed E-state index contributed by atoms with van der Waals surface area (Å²) in [4.78, 5) is 14.0. The van der Waals surface area contributed by atoms with Crippen molar-refractivity contribution in [2.45, 2.75) is 0 Å². The molecule has 4 aromatic carbocycles. The monoisotopic (exact) mass is 662 g/mol. The van der Waals surface area contributed by atoms with Gasteiger partial charge in [0.15, 0.2) is 0 Å². The van der Waals surface area contributed by atoms with Crippen LogP contribution >= 0.6 is 0 Å². The van der Waals surface area contributed by atoms with E-state index in [9.17, 15) is 4.79 Å². The van der Waals surface area contributed by atoms with Crippen molar-refractivity contribution in [1.29, 1.82) is 0 Å². The summed E-state index contributed by atoms with van der Waals surface area (Å²) in [5, 5.41) is 0. The average molecular weight is 661 g/mol. The maximum atomic E-state index is 14.0. The van der Waals surface area contributed by atoms with Crippen molar-refractivity contribution >= 4 is 35.5 Å². The average Bonchev–Trinajstić information content (AvgIpc) is 3.04. The number of hydrogen-bond acceptors (Lipinski definition) is 7. The van der Waals surface area contributed by atoms with Crippen LogP contribution in [0.5, 0.6) is 11.5 Å². The van der Waals surface area contributed by atoms with E-state index in [0.29, 0.717) is 69.9 Å². The van der Waals surface area contributed by atoms with Crippen LogP contribution in [0.4, 0.5) is 0 Å². The predicted molar refractivity (Wildman–Crippen MR) is 159 cm³/mol. The molecule has 0 saturated heterocycles. The van der Waals surface area contributed by atoms with Gasteiger partial charge in [-0.25, -0.2) is 0 Å². The van der Waals surface area contributed by atoms with E-state index in [1.54, 1.807) is 18.2 Å². The van der Waals surface area contributed by atoms with Gasteiger partial charge in [-0.1, -0.05) is 0 Å². The van der Waals surface area contributed by atoms with Crippen LogP contribution in [0.3, 0.4) is 0 Å². The van der Waals surface area contributed by atoms with E-state index in [1.165, 1.54) is 0 Å². The first-order valence-corrected chi connectivity index (χ1v) is 19.2. The molecule has 0 amide bonds. The van der Waals surface area contributed by atoms with Gasteiger partial charge in [0.05, 0.1) is 0 Å². The molecule has 1 heterocycles. The van der Waals surface area contributed by atoms with E-state index in [0.717, 1.165) is 10.7 Å². The summed E-state index contributed by atoms with van der Waals surface area (Å²) in [5.41, 5.74) is 0.389. The van der Waals surface area contributed by atoms with Crippen LogP contribution in [-0.2, 0) is 17.3 Å². The second-order valence-electron chi connectivity index (χ2n) is 9.36. The molecule has 0 bridgehead atoms. The molecule has 5 rings (SSSR count). The second kappa shape index (κ2) is 15.0. The first kappa shape index (κ1) is 29.1. The third-order valence-corrected chi connectivity index (χ3v) is 17.9. The summed E-state index contributed by atoms with van der Waals surface area (Å²) in [6, 6.07) is 35.5.